The first-order chi connectivity index (χ1) is 8.43. The molecule has 0 aromatic heterocycles. The van der Waals surface area contributed by atoms with Crippen LogP contribution < -0.4 is 5.73 Å². The minimum absolute atomic E-state index is 0.144. The fraction of sp³-hybridized carbons (Fsp3) is 0.647. The Morgan fingerprint density at radius 2 is 1.67 bits per heavy atom. The lowest BCUT2D eigenvalue weighted by Crippen LogP contribution is -2.39. The largest absolute Gasteiger partial charge is 0.325 e. The van der Waals surface area contributed by atoms with Gasteiger partial charge in [-0.05, 0) is 49.8 Å². The number of hydrogen-bond acceptors (Lipinski definition) is 1. The van der Waals surface area contributed by atoms with Crippen molar-refractivity contribution in [3.05, 3.63) is 34.9 Å². The molecule has 0 bridgehead atoms. The molecule has 2 N–H and O–H groups in total. The molecule has 1 aromatic carbocycles. The van der Waals surface area contributed by atoms with Gasteiger partial charge in [0.1, 0.15) is 0 Å². The first kappa shape index (κ1) is 15.2. The van der Waals surface area contributed by atoms with Crippen molar-refractivity contribution in [2.75, 3.05) is 0 Å². The molecule has 0 aliphatic heterocycles. The quantitative estimate of drug-likeness (QED) is 0.790. The van der Waals surface area contributed by atoms with Crippen LogP contribution in [0.1, 0.15) is 70.1 Å². The van der Waals surface area contributed by atoms with Crippen LogP contribution >= 0.6 is 0 Å². The van der Waals surface area contributed by atoms with Gasteiger partial charge in [0, 0.05) is 11.5 Å². The summed E-state index contributed by atoms with van der Waals surface area (Å²) in [7, 11) is 0. The van der Waals surface area contributed by atoms with Gasteiger partial charge in [0.25, 0.3) is 0 Å². The third kappa shape index (κ3) is 3.58. The van der Waals surface area contributed by atoms with Crippen molar-refractivity contribution in [3.8, 4) is 0 Å². The highest BCUT2D eigenvalue weighted by atomic mass is 14.7. The molecule has 18 heavy (non-hydrogen) atoms. The lowest BCUT2D eigenvalue weighted by molar-refractivity contribution is 0.387. The van der Waals surface area contributed by atoms with Gasteiger partial charge in [0.15, 0.2) is 0 Å². The second-order valence-electron chi connectivity index (χ2n) is 5.90. The Morgan fingerprint density at radius 1 is 1.06 bits per heavy atom. The summed E-state index contributed by atoms with van der Waals surface area (Å²) in [6.07, 6.45) is 4.58. The minimum atomic E-state index is -0.144. The zero-order valence-corrected chi connectivity index (χ0v) is 12.7. The van der Waals surface area contributed by atoms with E-state index in [2.05, 4.69) is 52.8 Å². The van der Waals surface area contributed by atoms with E-state index >= 15 is 0 Å². The molecule has 1 heteroatoms. The normalized spacial score (nSPS) is 13.7. The van der Waals surface area contributed by atoms with Gasteiger partial charge in [-0.1, -0.05) is 45.4 Å². The average molecular weight is 247 g/mol. The van der Waals surface area contributed by atoms with Gasteiger partial charge in [-0.25, -0.2) is 0 Å². The number of nitrogens with two attached hydrogens (primary N) is 1. The maximum absolute atomic E-state index is 6.36. The van der Waals surface area contributed by atoms with Crippen LogP contribution in [0, 0.1) is 0 Å². The standard InChI is InChI=1S/C17H29N/c1-6-9-16(17(4,5)18)15-11-10-13(7-2)14(8-3)12-15/h10-12,16H,6-9,18H2,1-5H3. The van der Waals surface area contributed by atoms with E-state index in [1.807, 2.05) is 0 Å². The van der Waals surface area contributed by atoms with E-state index in [9.17, 15) is 0 Å². The summed E-state index contributed by atoms with van der Waals surface area (Å²) in [5, 5.41) is 0. The highest BCUT2D eigenvalue weighted by Gasteiger charge is 2.26. The second-order valence-corrected chi connectivity index (χ2v) is 5.90. The molecule has 0 heterocycles. The maximum Gasteiger partial charge on any atom is 0.0166 e. The molecule has 1 rings (SSSR count). The highest BCUT2D eigenvalue weighted by molar-refractivity contribution is 5.35. The van der Waals surface area contributed by atoms with Crippen LogP contribution in [0.5, 0.6) is 0 Å². The molecule has 1 atom stereocenters. The molecule has 1 aromatic rings. The van der Waals surface area contributed by atoms with Gasteiger partial charge in [-0.15, -0.1) is 0 Å². The summed E-state index contributed by atoms with van der Waals surface area (Å²) in [5.74, 6) is 0.457. The molecule has 0 spiro atoms. The summed E-state index contributed by atoms with van der Waals surface area (Å²) < 4.78 is 0. The zero-order valence-electron chi connectivity index (χ0n) is 12.7. The second kappa shape index (κ2) is 6.38. The molecule has 0 saturated heterocycles. The monoisotopic (exact) mass is 247 g/mol. The summed E-state index contributed by atoms with van der Waals surface area (Å²) >= 11 is 0. The van der Waals surface area contributed by atoms with Gasteiger partial charge < -0.3 is 5.73 Å². The van der Waals surface area contributed by atoms with Gasteiger partial charge in [0.2, 0.25) is 0 Å². The maximum atomic E-state index is 6.36. The lowest BCUT2D eigenvalue weighted by atomic mass is 9.78. The average Bonchev–Trinajstić information content (AvgIpc) is 2.33. The number of benzene rings is 1. The van der Waals surface area contributed by atoms with Crippen molar-refractivity contribution >= 4 is 0 Å². The van der Waals surface area contributed by atoms with Crippen molar-refractivity contribution in [2.45, 2.75) is 71.8 Å². The van der Waals surface area contributed by atoms with Crippen molar-refractivity contribution in [1.82, 2.24) is 0 Å². The molecule has 0 aliphatic carbocycles. The van der Waals surface area contributed by atoms with Crippen molar-refractivity contribution in [1.29, 1.82) is 0 Å². The fourth-order valence-corrected chi connectivity index (χ4v) is 2.79. The molecule has 1 nitrogen and oxygen atoms in total. The lowest BCUT2D eigenvalue weighted by Gasteiger charge is -2.31. The first-order valence-corrected chi connectivity index (χ1v) is 7.34. The van der Waals surface area contributed by atoms with Crippen molar-refractivity contribution in [2.24, 2.45) is 5.73 Å². The Balaban J connectivity index is 3.13. The molecule has 0 saturated carbocycles. The van der Waals surface area contributed by atoms with Crippen LogP contribution in [0.15, 0.2) is 18.2 Å². The summed E-state index contributed by atoms with van der Waals surface area (Å²) in [4.78, 5) is 0. The third-order valence-corrected chi connectivity index (χ3v) is 3.87. The SMILES string of the molecule is CCCC(c1ccc(CC)c(CC)c1)C(C)(C)N. The Kier molecular flexibility index (Phi) is 5.40. The van der Waals surface area contributed by atoms with E-state index in [1.165, 1.54) is 23.1 Å². The number of aryl methyl sites for hydroxylation is 2. The molecule has 0 radical (unpaired) electrons. The highest BCUT2D eigenvalue weighted by Crippen LogP contribution is 2.32. The Hall–Kier alpha value is -0.820. The molecular formula is C17H29N. The third-order valence-electron chi connectivity index (χ3n) is 3.87. The van der Waals surface area contributed by atoms with Gasteiger partial charge in [-0.3, -0.25) is 0 Å². The van der Waals surface area contributed by atoms with Gasteiger partial charge >= 0.3 is 0 Å². The van der Waals surface area contributed by atoms with Crippen molar-refractivity contribution in [3.63, 3.8) is 0 Å². The topological polar surface area (TPSA) is 26.0 Å². The Morgan fingerprint density at radius 3 is 2.11 bits per heavy atom. The van der Waals surface area contributed by atoms with Crippen LogP contribution in [0.3, 0.4) is 0 Å². The predicted octanol–water partition coefficient (Wildman–Crippen LogP) is 4.43. The Bertz CT molecular complexity index is 374. The smallest absolute Gasteiger partial charge is 0.0166 e. The van der Waals surface area contributed by atoms with E-state index in [0.717, 1.165) is 19.3 Å². The van der Waals surface area contributed by atoms with E-state index in [-0.39, 0.29) is 5.54 Å². The molecule has 0 fully saturated rings. The van der Waals surface area contributed by atoms with E-state index in [0.29, 0.717) is 5.92 Å². The van der Waals surface area contributed by atoms with E-state index in [1.54, 1.807) is 0 Å². The van der Waals surface area contributed by atoms with Crippen LogP contribution in [0.25, 0.3) is 0 Å². The van der Waals surface area contributed by atoms with Gasteiger partial charge in [-0.2, -0.15) is 0 Å². The number of rotatable bonds is 6. The van der Waals surface area contributed by atoms with E-state index < -0.39 is 0 Å². The molecule has 102 valence electrons. The summed E-state index contributed by atoms with van der Waals surface area (Å²) in [6.45, 7) is 11.0. The summed E-state index contributed by atoms with van der Waals surface area (Å²) in [5.41, 5.74) is 10.6. The first-order valence-electron chi connectivity index (χ1n) is 7.34. The molecule has 0 aliphatic rings. The predicted molar refractivity (Wildman–Crippen MR) is 81.1 cm³/mol. The molecule has 0 amide bonds. The minimum Gasteiger partial charge on any atom is -0.325 e. The van der Waals surface area contributed by atoms with Gasteiger partial charge in [0.05, 0.1) is 0 Å². The van der Waals surface area contributed by atoms with Crippen molar-refractivity contribution < 1.29 is 0 Å². The fourth-order valence-electron chi connectivity index (χ4n) is 2.79. The molecular weight excluding hydrogens is 218 g/mol. The summed E-state index contributed by atoms with van der Waals surface area (Å²) in [6, 6.07) is 6.96. The number of hydrogen-bond donors (Lipinski definition) is 1. The van der Waals surface area contributed by atoms with Crippen LogP contribution in [0.4, 0.5) is 0 Å². The zero-order chi connectivity index (χ0) is 13.8. The van der Waals surface area contributed by atoms with E-state index in [4.69, 9.17) is 5.73 Å². The molecule has 1 unspecified atom stereocenters. The van der Waals surface area contributed by atoms with Crippen LogP contribution in [0.2, 0.25) is 0 Å². The van der Waals surface area contributed by atoms with Crippen LogP contribution in [-0.2, 0) is 12.8 Å². The Labute approximate surface area is 113 Å². The van der Waals surface area contributed by atoms with Crippen LogP contribution in [-0.4, -0.2) is 5.54 Å².